The number of amides is 1. The molecule has 0 saturated heterocycles. The van der Waals surface area contributed by atoms with Gasteiger partial charge < -0.3 is 28.8 Å². The minimum atomic E-state index is -4.57. The molecule has 0 bridgehead atoms. The number of aliphatic hydroxyl groups excluding tert-OH is 1. The van der Waals surface area contributed by atoms with Crippen molar-refractivity contribution in [3.05, 3.63) is 12.2 Å². The Morgan fingerprint density at radius 2 is 0.965 bits per heavy atom. The summed E-state index contributed by atoms with van der Waals surface area (Å²) < 4.78 is 23.3. The second-order valence-corrected chi connectivity index (χ2v) is 19.6. The molecular formula is C48H97N2O6P. The Morgan fingerprint density at radius 1 is 0.596 bits per heavy atom. The first-order valence-corrected chi connectivity index (χ1v) is 26.0. The van der Waals surface area contributed by atoms with Gasteiger partial charge in [0.05, 0.1) is 39.9 Å². The van der Waals surface area contributed by atoms with Crippen molar-refractivity contribution in [3.63, 3.8) is 0 Å². The van der Waals surface area contributed by atoms with Gasteiger partial charge in [-0.3, -0.25) is 9.36 Å². The first kappa shape index (κ1) is 56.2. The van der Waals surface area contributed by atoms with E-state index < -0.39 is 20.0 Å². The van der Waals surface area contributed by atoms with Crippen LogP contribution in [0.15, 0.2) is 12.2 Å². The zero-order valence-corrected chi connectivity index (χ0v) is 39.5. The van der Waals surface area contributed by atoms with Gasteiger partial charge in [0.25, 0.3) is 7.82 Å². The fourth-order valence-corrected chi connectivity index (χ4v) is 8.05. The zero-order chi connectivity index (χ0) is 42.1. The number of carbonyl (C=O) groups excluding carboxylic acids is 1. The smallest absolute Gasteiger partial charge is 0.268 e. The highest BCUT2D eigenvalue weighted by atomic mass is 31.2. The summed E-state index contributed by atoms with van der Waals surface area (Å²) in [6.45, 7) is 4.71. The fraction of sp³-hybridized carbons (Fsp3) is 0.938. The number of rotatable bonds is 45. The maximum absolute atomic E-state index is 12.9. The molecule has 9 heteroatoms. The van der Waals surface area contributed by atoms with Crippen LogP contribution in [0.2, 0.25) is 0 Å². The summed E-state index contributed by atoms with van der Waals surface area (Å²) in [5, 5.41) is 13.9. The van der Waals surface area contributed by atoms with Crippen LogP contribution < -0.4 is 10.2 Å². The van der Waals surface area contributed by atoms with Crippen LogP contribution in [0.5, 0.6) is 0 Å². The largest absolute Gasteiger partial charge is 0.756 e. The lowest BCUT2D eigenvalue weighted by Gasteiger charge is -2.30. The number of unbranched alkanes of at least 4 members (excludes halogenated alkanes) is 30. The van der Waals surface area contributed by atoms with E-state index in [1.165, 1.54) is 167 Å². The molecule has 0 aromatic carbocycles. The lowest BCUT2D eigenvalue weighted by atomic mass is 10.0. The van der Waals surface area contributed by atoms with Crippen molar-refractivity contribution in [1.29, 1.82) is 0 Å². The molecule has 0 spiro atoms. The standard InChI is InChI=1S/C48H97N2O6P/c1-6-8-10-12-14-16-18-20-21-22-23-24-25-26-27-28-30-32-34-36-38-40-42-48(52)49-46(45-56-57(53,54)55-44-43-50(3,4)5)47(51)41-39-37-35-33-31-29-19-17-15-13-11-9-7-2/h31,33,46-47,51H,6-30,32,34-45H2,1-5H3,(H-,49,52,53,54)/b33-31+/t46-,47+/m0/s1. The molecule has 3 atom stereocenters. The number of allylic oxidation sites excluding steroid dienone is 2. The van der Waals surface area contributed by atoms with Crippen LogP contribution in [0.25, 0.3) is 0 Å². The van der Waals surface area contributed by atoms with Gasteiger partial charge in [-0.2, -0.15) is 0 Å². The highest BCUT2D eigenvalue weighted by Gasteiger charge is 2.24. The first-order chi connectivity index (χ1) is 27.5. The molecule has 0 rings (SSSR count). The molecule has 0 aromatic rings. The molecular weight excluding hydrogens is 732 g/mol. The Kier molecular flexibility index (Phi) is 40.1. The summed E-state index contributed by atoms with van der Waals surface area (Å²) in [5.74, 6) is -0.171. The van der Waals surface area contributed by atoms with Crippen molar-refractivity contribution in [3.8, 4) is 0 Å². The molecule has 0 radical (unpaired) electrons. The Labute approximate surface area is 354 Å². The van der Waals surface area contributed by atoms with Crippen LogP contribution in [0.4, 0.5) is 0 Å². The lowest BCUT2D eigenvalue weighted by molar-refractivity contribution is -0.870. The van der Waals surface area contributed by atoms with E-state index in [2.05, 4.69) is 31.3 Å². The van der Waals surface area contributed by atoms with Crippen LogP contribution in [0.1, 0.15) is 239 Å². The van der Waals surface area contributed by atoms with Crippen molar-refractivity contribution in [2.24, 2.45) is 0 Å². The van der Waals surface area contributed by atoms with Gasteiger partial charge >= 0.3 is 0 Å². The van der Waals surface area contributed by atoms with Crippen LogP contribution >= 0.6 is 7.82 Å². The van der Waals surface area contributed by atoms with Crippen molar-refractivity contribution in [2.75, 3.05) is 40.9 Å². The number of nitrogens with one attached hydrogen (secondary N) is 1. The molecule has 2 N–H and O–H groups in total. The van der Waals surface area contributed by atoms with Crippen molar-refractivity contribution in [2.45, 2.75) is 251 Å². The minimum absolute atomic E-state index is 0.00976. The molecule has 1 amide bonds. The number of aliphatic hydroxyl groups is 1. The maximum atomic E-state index is 12.9. The lowest BCUT2D eigenvalue weighted by Crippen LogP contribution is -2.46. The van der Waals surface area contributed by atoms with Crippen LogP contribution in [0, 0.1) is 0 Å². The molecule has 8 nitrogen and oxygen atoms in total. The zero-order valence-electron chi connectivity index (χ0n) is 38.6. The molecule has 1 unspecified atom stereocenters. The van der Waals surface area contributed by atoms with Crippen LogP contribution in [-0.2, 0) is 18.4 Å². The Hall–Kier alpha value is -0.760. The molecule has 0 heterocycles. The summed E-state index contributed by atoms with van der Waals surface area (Å²) in [6.07, 6.45) is 46.6. The second-order valence-electron chi connectivity index (χ2n) is 18.2. The molecule has 0 aliphatic carbocycles. The topological polar surface area (TPSA) is 108 Å². The van der Waals surface area contributed by atoms with Crippen molar-refractivity contribution < 1.29 is 32.9 Å². The van der Waals surface area contributed by atoms with Gasteiger partial charge in [-0.05, 0) is 38.5 Å². The van der Waals surface area contributed by atoms with E-state index in [1.807, 2.05) is 21.1 Å². The normalized spacial score (nSPS) is 14.3. The van der Waals surface area contributed by atoms with Gasteiger partial charge in [0.15, 0.2) is 0 Å². The summed E-state index contributed by atoms with van der Waals surface area (Å²) in [6, 6.07) is -0.811. The quantitative estimate of drug-likeness (QED) is 0.0274. The van der Waals surface area contributed by atoms with Gasteiger partial charge in [0, 0.05) is 6.42 Å². The van der Waals surface area contributed by atoms with Gasteiger partial charge in [-0.1, -0.05) is 206 Å². The van der Waals surface area contributed by atoms with Gasteiger partial charge in [0.1, 0.15) is 13.2 Å². The Balaban J connectivity index is 4.21. The van der Waals surface area contributed by atoms with Crippen LogP contribution in [0.3, 0.4) is 0 Å². The maximum Gasteiger partial charge on any atom is 0.268 e. The number of hydrogen-bond acceptors (Lipinski definition) is 6. The fourth-order valence-electron chi connectivity index (χ4n) is 7.33. The number of quaternary nitrogens is 1. The number of hydrogen-bond donors (Lipinski definition) is 2. The summed E-state index contributed by atoms with van der Waals surface area (Å²) in [7, 11) is 1.30. The molecule has 57 heavy (non-hydrogen) atoms. The predicted octanol–water partition coefficient (Wildman–Crippen LogP) is 13.3. The average molecular weight is 829 g/mol. The van der Waals surface area contributed by atoms with Crippen molar-refractivity contribution >= 4 is 13.7 Å². The van der Waals surface area contributed by atoms with Crippen LogP contribution in [-0.4, -0.2) is 68.5 Å². The number of phosphoric ester groups is 1. The monoisotopic (exact) mass is 829 g/mol. The highest BCUT2D eigenvalue weighted by Crippen LogP contribution is 2.38. The van der Waals surface area contributed by atoms with Gasteiger partial charge in [-0.15, -0.1) is 0 Å². The average Bonchev–Trinajstić information content (AvgIpc) is 3.16. The third kappa shape index (κ3) is 43.1. The van der Waals surface area contributed by atoms with E-state index in [4.69, 9.17) is 9.05 Å². The van der Waals surface area contributed by atoms with Crippen molar-refractivity contribution in [1.82, 2.24) is 5.32 Å². The molecule has 0 aliphatic heterocycles. The third-order valence-corrected chi connectivity index (χ3v) is 12.2. The van der Waals surface area contributed by atoms with E-state index in [-0.39, 0.29) is 19.1 Å². The predicted molar refractivity (Wildman–Crippen MR) is 242 cm³/mol. The van der Waals surface area contributed by atoms with E-state index in [0.29, 0.717) is 23.9 Å². The first-order valence-electron chi connectivity index (χ1n) is 24.5. The summed E-state index contributed by atoms with van der Waals surface area (Å²) >= 11 is 0. The summed E-state index contributed by atoms with van der Waals surface area (Å²) in [5.41, 5.74) is 0. The number of likely N-dealkylation sites (N-methyl/N-ethyl adjacent to an activating group) is 1. The van der Waals surface area contributed by atoms with Gasteiger partial charge in [0.2, 0.25) is 5.91 Å². The Morgan fingerprint density at radius 3 is 1.37 bits per heavy atom. The number of carbonyl (C=O) groups is 1. The molecule has 0 aromatic heterocycles. The highest BCUT2D eigenvalue weighted by molar-refractivity contribution is 7.45. The third-order valence-electron chi connectivity index (χ3n) is 11.3. The molecule has 340 valence electrons. The van der Waals surface area contributed by atoms with Gasteiger partial charge in [-0.25, -0.2) is 0 Å². The summed E-state index contributed by atoms with van der Waals surface area (Å²) in [4.78, 5) is 25.4. The SMILES string of the molecule is CCCCCCCCC/C=C/CCCC[C@@H](O)[C@H](COP(=O)([O-])OCC[N+](C)(C)C)NC(=O)CCCCCCCCCCCCCCCCCCCCCCCC. The second kappa shape index (κ2) is 40.6. The van der Waals surface area contributed by atoms with E-state index in [0.717, 1.165) is 44.9 Å². The van der Waals surface area contributed by atoms with E-state index in [1.54, 1.807) is 0 Å². The molecule has 0 fully saturated rings. The molecule has 0 aliphatic rings. The number of nitrogens with zero attached hydrogens (tertiary/aromatic N) is 1. The van der Waals surface area contributed by atoms with E-state index >= 15 is 0 Å². The Bertz CT molecular complexity index is 942. The number of phosphoric acid groups is 1. The minimum Gasteiger partial charge on any atom is -0.756 e. The van der Waals surface area contributed by atoms with E-state index in [9.17, 15) is 19.4 Å². The molecule has 0 saturated carbocycles.